The van der Waals surface area contributed by atoms with Crippen molar-refractivity contribution in [3.63, 3.8) is 0 Å². The van der Waals surface area contributed by atoms with Crippen LogP contribution in [0.1, 0.15) is 29.9 Å². The van der Waals surface area contributed by atoms with E-state index in [1.807, 2.05) is 36.6 Å². The molecule has 0 unspecified atom stereocenters. The van der Waals surface area contributed by atoms with E-state index in [0.717, 1.165) is 22.5 Å². The SMILES string of the molecule is CC[C@@H](C)Oc1cc(-n2cnc3cc(OC)c(OC)cc32)sc1C(N)=O. The number of amides is 1. The summed E-state index contributed by atoms with van der Waals surface area (Å²) < 4.78 is 18.4. The lowest BCUT2D eigenvalue weighted by Crippen LogP contribution is -2.14. The first-order chi connectivity index (χ1) is 12.5. The maximum atomic E-state index is 11.8. The Labute approximate surface area is 155 Å². The van der Waals surface area contributed by atoms with Crippen LogP contribution < -0.4 is 19.9 Å². The number of aromatic nitrogens is 2. The Bertz CT molecular complexity index is 947. The highest BCUT2D eigenvalue weighted by Crippen LogP contribution is 2.37. The predicted molar refractivity (Wildman–Crippen MR) is 101 cm³/mol. The molecule has 0 bridgehead atoms. The Hall–Kier alpha value is -2.74. The summed E-state index contributed by atoms with van der Waals surface area (Å²) in [6.07, 6.45) is 2.50. The number of carbonyl (C=O) groups is 1. The van der Waals surface area contributed by atoms with Gasteiger partial charge in [0.15, 0.2) is 11.5 Å². The zero-order chi connectivity index (χ0) is 18.8. The number of hydrogen-bond donors (Lipinski definition) is 1. The van der Waals surface area contributed by atoms with Crippen LogP contribution in [0.2, 0.25) is 0 Å². The summed E-state index contributed by atoms with van der Waals surface area (Å²) in [6, 6.07) is 5.47. The third kappa shape index (κ3) is 3.20. The molecule has 0 fully saturated rings. The molecule has 2 aromatic heterocycles. The van der Waals surface area contributed by atoms with Crippen molar-refractivity contribution in [2.75, 3.05) is 14.2 Å². The molecule has 0 saturated carbocycles. The first kappa shape index (κ1) is 18.1. The molecule has 2 heterocycles. The molecule has 3 rings (SSSR count). The van der Waals surface area contributed by atoms with Gasteiger partial charge in [-0.05, 0) is 13.3 Å². The fourth-order valence-electron chi connectivity index (χ4n) is 2.55. The fraction of sp³-hybridized carbons (Fsp3) is 0.333. The van der Waals surface area contributed by atoms with Gasteiger partial charge in [-0.2, -0.15) is 0 Å². The number of ether oxygens (including phenoxy) is 3. The fourth-order valence-corrected chi connectivity index (χ4v) is 3.48. The van der Waals surface area contributed by atoms with E-state index in [1.54, 1.807) is 20.5 Å². The Morgan fingerprint density at radius 1 is 1.23 bits per heavy atom. The topological polar surface area (TPSA) is 88.6 Å². The zero-order valence-electron chi connectivity index (χ0n) is 15.1. The Morgan fingerprint density at radius 3 is 2.54 bits per heavy atom. The van der Waals surface area contributed by atoms with Gasteiger partial charge in [0.1, 0.15) is 22.0 Å². The van der Waals surface area contributed by atoms with Crippen LogP contribution in [-0.4, -0.2) is 35.8 Å². The van der Waals surface area contributed by atoms with Crippen LogP contribution in [0.4, 0.5) is 0 Å². The van der Waals surface area contributed by atoms with Crippen molar-refractivity contribution in [3.8, 4) is 22.2 Å². The second kappa shape index (κ2) is 7.25. The molecule has 0 saturated heterocycles. The minimum Gasteiger partial charge on any atom is -0.493 e. The largest absolute Gasteiger partial charge is 0.493 e. The normalized spacial score (nSPS) is 12.2. The number of imidazole rings is 1. The van der Waals surface area contributed by atoms with E-state index >= 15 is 0 Å². The number of rotatable bonds is 7. The summed E-state index contributed by atoms with van der Waals surface area (Å²) in [5.41, 5.74) is 7.10. The maximum Gasteiger partial charge on any atom is 0.262 e. The summed E-state index contributed by atoms with van der Waals surface area (Å²) in [4.78, 5) is 16.6. The van der Waals surface area contributed by atoms with Gasteiger partial charge in [-0.25, -0.2) is 4.98 Å². The lowest BCUT2D eigenvalue weighted by atomic mass is 10.2. The molecule has 0 radical (unpaired) electrons. The number of thiophene rings is 1. The highest BCUT2D eigenvalue weighted by Gasteiger charge is 2.20. The molecular weight excluding hydrogens is 354 g/mol. The summed E-state index contributed by atoms with van der Waals surface area (Å²) in [5.74, 6) is 1.19. The lowest BCUT2D eigenvalue weighted by molar-refractivity contribution is 0.0998. The van der Waals surface area contributed by atoms with Crippen molar-refractivity contribution in [3.05, 3.63) is 29.4 Å². The van der Waals surface area contributed by atoms with Gasteiger partial charge >= 0.3 is 0 Å². The first-order valence-electron chi connectivity index (χ1n) is 8.18. The Kier molecular flexibility index (Phi) is 5.03. The minimum atomic E-state index is -0.511. The predicted octanol–water partition coefficient (Wildman–Crippen LogP) is 3.38. The van der Waals surface area contributed by atoms with Gasteiger partial charge in [-0.15, -0.1) is 11.3 Å². The highest BCUT2D eigenvalue weighted by molar-refractivity contribution is 7.16. The van der Waals surface area contributed by atoms with Crippen molar-refractivity contribution in [1.82, 2.24) is 9.55 Å². The molecule has 0 spiro atoms. The van der Waals surface area contributed by atoms with Crippen LogP contribution in [0.5, 0.6) is 17.2 Å². The van der Waals surface area contributed by atoms with E-state index in [4.69, 9.17) is 19.9 Å². The minimum absolute atomic E-state index is 0.0144. The zero-order valence-corrected chi connectivity index (χ0v) is 15.9. The molecule has 1 atom stereocenters. The van der Waals surface area contributed by atoms with E-state index in [-0.39, 0.29) is 6.10 Å². The van der Waals surface area contributed by atoms with E-state index in [0.29, 0.717) is 22.1 Å². The number of methoxy groups -OCH3 is 2. The van der Waals surface area contributed by atoms with Crippen LogP contribution >= 0.6 is 11.3 Å². The number of primary amides is 1. The van der Waals surface area contributed by atoms with Crippen LogP contribution in [-0.2, 0) is 0 Å². The van der Waals surface area contributed by atoms with Gasteiger partial charge in [0, 0.05) is 18.2 Å². The summed E-state index contributed by atoms with van der Waals surface area (Å²) in [6.45, 7) is 3.97. The van der Waals surface area contributed by atoms with Crippen LogP contribution in [0.15, 0.2) is 24.5 Å². The third-order valence-corrected chi connectivity index (χ3v) is 5.23. The van der Waals surface area contributed by atoms with Crippen molar-refractivity contribution < 1.29 is 19.0 Å². The molecule has 1 amide bonds. The standard InChI is InChI=1S/C18H21N3O4S/c1-5-10(2)25-15-8-16(26-17(15)18(19)22)21-9-20-11-6-13(23-3)14(24-4)7-12(11)21/h6-10H,5H2,1-4H3,(H2,19,22)/t10-/m1/s1. The van der Waals surface area contributed by atoms with Gasteiger partial charge in [-0.3, -0.25) is 9.36 Å². The number of carbonyl (C=O) groups excluding carboxylic acids is 1. The smallest absolute Gasteiger partial charge is 0.262 e. The molecule has 8 heteroatoms. The van der Waals surface area contributed by atoms with Crippen molar-refractivity contribution in [2.45, 2.75) is 26.4 Å². The summed E-state index contributed by atoms with van der Waals surface area (Å²) in [7, 11) is 3.16. The average Bonchev–Trinajstić information content (AvgIpc) is 3.23. The first-order valence-corrected chi connectivity index (χ1v) is 8.99. The number of nitrogens with two attached hydrogens (primary N) is 1. The molecule has 0 aliphatic heterocycles. The molecule has 138 valence electrons. The molecule has 3 aromatic rings. The molecule has 2 N–H and O–H groups in total. The molecule has 1 aromatic carbocycles. The number of nitrogens with zero attached hydrogens (tertiary/aromatic N) is 2. The van der Waals surface area contributed by atoms with Crippen molar-refractivity contribution in [2.24, 2.45) is 5.73 Å². The maximum absolute atomic E-state index is 11.8. The molecule has 0 aliphatic carbocycles. The van der Waals surface area contributed by atoms with Gasteiger partial charge in [0.2, 0.25) is 0 Å². The van der Waals surface area contributed by atoms with E-state index < -0.39 is 5.91 Å². The molecule has 26 heavy (non-hydrogen) atoms. The van der Waals surface area contributed by atoms with Gasteiger partial charge in [-0.1, -0.05) is 6.92 Å². The van der Waals surface area contributed by atoms with Gasteiger partial charge < -0.3 is 19.9 Å². The summed E-state index contributed by atoms with van der Waals surface area (Å²) in [5, 5.41) is 0.784. The van der Waals surface area contributed by atoms with Crippen LogP contribution in [0.3, 0.4) is 0 Å². The lowest BCUT2D eigenvalue weighted by Gasteiger charge is -2.11. The quantitative estimate of drug-likeness (QED) is 0.684. The average molecular weight is 375 g/mol. The Morgan fingerprint density at radius 2 is 1.92 bits per heavy atom. The van der Waals surface area contributed by atoms with Gasteiger partial charge in [0.25, 0.3) is 5.91 Å². The van der Waals surface area contributed by atoms with Gasteiger partial charge in [0.05, 0.1) is 31.4 Å². The Balaban J connectivity index is 2.11. The molecular formula is C18H21N3O4S. The molecule has 7 nitrogen and oxygen atoms in total. The number of hydrogen-bond acceptors (Lipinski definition) is 6. The second-order valence-corrected chi connectivity index (χ2v) is 6.82. The molecule has 0 aliphatic rings. The van der Waals surface area contributed by atoms with Crippen LogP contribution in [0.25, 0.3) is 16.0 Å². The van der Waals surface area contributed by atoms with Crippen LogP contribution in [0, 0.1) is 0 Å². The highest BCUT2D eigenvalue weighted by atomic mass is 32.1. The summed E-state index contributed by atoms with van der Waals surface area (Å²) >= 11 is 1.27. The monoisotopic (exact) mass is 375 g/mol. The third-order valence-electron chi connectivity index (χ3n) is 4.10. The number of benzene rings is 1. The van der Waals surface area contributed by atoms with E-state index in [1.165, 1.54) is 11.3 Å². The number of fused-ring (bicyclic) bond motifs is 1. The van der Waals surface area contributed by atoms with Crippen molar-refractivity contribution >= 4 is 28.3 Å². The van der Waals surface area contributed by atoms with Crippen molar-refractivity contribution in [1.29, 1.82) is 0 Å². The second-order valence-electron chi connectivity index (χ2n) is 5.79. The van der Waals surface area contributed by atoms with E-state index in [9.17, 15) is 4.79 Å². The van der Waals surface area contributed by atoms with E-state index in [2.05, 4.69) is 4.98 Å².